The molecule has 70 valence electrons. The number of nitrogens with zero attached hydrogens (tertiary/aromatic N) is 2. The Morgan fingerprint density at radius 3 is 2.93 bits per heavy atom. The van der Waals surface area contributed by atoms with Crippen molar-refractivity contribution in [3.8, 4) is 0 Å². The van der Waals surface area contributed by atoms with Gasteiger partial charge in [0.25, 0.3) is 0 Å². The first-order valence-electron chi connectivity index (χ1n) is 4.55. The summed E-state index contributed by atoms with van der Waals surface area (Å²) in [6.07, 6.45) is 1.67. The van der Waals surface area contributed by atoms with Gasteiger partial charge in [0.1, 0.15) is 5.52 Å². The van der Waals surface area contributed by atoms with Gasteiger partial charge < -0.3 is 9.97 Å². The van der Waals surface area contributed by atoms with Crippen LogP contribution in [0.25, 0.3) is 22.1 Å². The van der Waals surface area contributed by atoms with Gasteiger partial charge in [0.15, 0.2) is 5.65 Å². The Morgan fingerprint density at radius 2 is 2.07 bits per heavy atom. The first-order chi connectivity index (χ1) is 6.75. The molecule has 0 saturated carbocycles. The van der Waals surface area contributed by atoms with Crippen LogP contribution < -0.4 is 0 Å². The lowest BCUT2D eigenvalue weighted by Crippen LogP contribution is -1.84. The van der Waals surface area contributed by atoms with Gasteiger partial charge in [-0.2, -0.15) is 0 Å². The first-order valence-corrected chi connectivity index (χ1v) is 4.55. The zero-order valence-corrected chi connectivity index (χ0v) is 8.05. The molecule has 3 rings (SSSR count). The second kappa shape index (κ2) is 2.35. The minimum absolute atomic E-state index is 0.775. The van der Waals surface area contributed by atoms with Crippen molar-refractivity contribution in [2.24, 2.45) is 0 Å². The molecule has 0 fully saturated rings. The molecule has 0 aliphatic rings. The fraction of sp³-hybridized carbons (Fsp3) is 0.200. The quantitative estimate of drug-likeness (QED) is 0.564. The molecule has 3 aromatic rings. The summed E-state index contributed by atoms with van der Waals surface area (Å²) < 4.78 is 0. The van der Waals surface area contributed by atoms with E-state index in [4.69, 9.17) is 0 Å². The predicted octanol–water partition coefficient (Wildman–Crippen LogP) is 2.06. The number of imidazole rings is 1. The SMILES string of the molecule is Cc1cc2c(C)nc3nc[nH]c3c2[nH]1. The predicted molar refractivity (Wildman–Crippen MR) is 55.2 cm³/mol. The number of rotatable bonds is 0. The molecule has 0 aliphatic carbocycles. The van der Waals surface area contributed by atoms with Crippen LogP contribution in [-0.2, 0) is 0 Å². The third-order valence-electron chi connectivity index (χ3n) is 2.49. The number of fused-ring (bicyclic) bond motifs is 3. The van der Waals surface area contributed by atoms with E-state index in [9.17, 15) is 0 Å². The van der Waals surface area contributed by atoms with Gasteiger partial charge in [-0.25, -0.2) is 9.97 Å². The monoisotopic (exact) mass is 186 g/mol. The van der Waals surface area contributed by atoms with E-state index in [1.165, 1.54) is 5.39 Å². The normalized spacial score (nSPS) is 11.6. The number of aromatic nitrogens is 4. The maximum Gasteiger partial charge on any atom is 0.179 e. The highest BCUT2D eigenvalue weighted by molar-refractivity contribution is 6.01. The highest BCUT2D eigenvalue weighted by Gasteiger charge is 2.08. The number of hydrogen-bond acceptors (Lipinski definition) is 2. The van der Waals surface area contributed by atoms with E-state index >= 15 is 0 Å². The molecule has 0 unspecified atom stereocenters. The summed E-state index contributed by atoms with van der Waals surface area (Å²) in [5.74, 6) is 0. The lowest BCUT2D eigenvalue weighted by atomic mass is 10.2. The van der Waals surface area contributed by atoms with Crippen molar-refractivity contribution in [1.82, 2.24) is 19.9 Å². The third kappa shape index (κ3) is 0.824. The smallest absolute Gasteiger partial charge is 0.179 e. The van der Waals surface area contributed by atoms with Crippen molar-refractivity contribution in [3.63, 3.8) is 0 Å². The van der Waals surface area contributed by atoms with Gasteiger partial charge >= 0.3 is 0 Å². The molecule has 0 amide bonds. The number of aryl methyl sites for hydroxylation is 2. The molecule has 3 heterocycles. The van der Waals surface area contributed by atoms with Crippen LogP contribution in [0.1, 0.15) is 11.4 Å². The first kappa shape index (κ1) is 7.55. The van der Waals surface area contributed by atoms with E-state index in [-0.39, 0.29) is 0 Å². The summed E-state index contributed by atoms with van der Waals surface area (Å²) in [6.45, 7) is 4.05. The molecule has 0 aliphatic heterocycles. The zero-order valence-electron chi connectivity index (χ0n) is 8.05. The zero-order chi connectivity index (χ0) is 9.71. The lowest BCUT2D eigenvalue weighted by molar-refractivity contribution is 1.24. The summed E-state index contributed by atoms with van der Waals surface area (Å²) in [4.78, 5) is 15.0. The number of pyridine rings is 1. The van der Waals surface area contributed by atoms with Crippen molar-refractivity contribution < 1.29 is 0 Å². The van der Waals surface area contributed by atoms with Gasteiger partial charge in [-0.3, -0.25) is 0 Å². The molecule has 4 nitrogen and oxygen atoms in total. The third-order valence-corrected chi connectivity index (χ3v) is 2.49. The molecular formula is C10H10N4. The van der Waals surface area contributed by atoms with Crippen molar-refractivity contribution in [2.75, 3.05) is 0 Å². The van der Waals surface area contributed by atoms with Crippen molar-refractivity contribution in [3.05, 3.63) is 23.8 Å². The fourth-order valence-corrected chi connectivity index (χ4v) is 1.85. The van der Waals surface area contributed by atoms with E-state index in [0.29, 0.717) is 0 Å². The Morgan fingerprint density at radius 1 is 1.21 bits per heavy atom. The fourth-order valence-electron chi connectivity index (χ4n) is 1.85. The molecule has 0 aromatic carbocycles. The Labute approximate surface area is 80.4 Å². The molecule has 3 aromatic heterocycles. The highest BCUT2D eigenvalue weighted by atomic mass is 15.0. The van der Waals surface area contributed by atoms with Crippen molar-refractivity contribution in [2.45, 2.75) is 13.8 Å². The van der Waals surface area contributed by atoms with E-state index < -0.39 is 0 Å². The van der Waals surface area contributed by atoms with Crippen LogP contribution >= 0.6 is 0 Å². The van der Waals surface area contributed by atoms with Gasteiger partial charge in [-0.05, 0) is 19.9 Å². The minimum atomic E-state index is 0.775. The summed E-state index contributed by atoms with van der Waals surface area (Å²) in [5, 5.41) is 1.17. The van der Waals surface area contributed by atoms with Crippen molar-refractivity contribution in [1.29, 1.82) is 0 Å². The van der Waals surface area contributed by atoms with Gasteiger partial charge in [-0.15, -0.1) is 0 Å². The van der Waals surface area contributed by atoms with E-state index in [0.717, 1.165) is 28.1 Å². The average molecular weight is 186 g/mol. The Hall–Kier alpha value is -1.84. The van der Waals surface area contributed by atoms with Crippen LogP contribution in [0.15, 0.2) is 12.4 Å². The van der Waals surface area contributed by atoms with Gasteiger partial charge in [0.05, 0.1) is 11.8 Å². The summed E-state index contributed by atoms with van der Waals surface area (Å²) in [7, 11) is 0. The number of H-pyrrole nitrogens is 2. The lowest BCUT2D eigenvalue weighted by Gasteiger charge is -1.95. The minimum Gasteiger partial charge on any atom is -0.357 e. The average Bonchev–Trinajstić information content (AvgIpc) is 2.69. The topological polar surface area (TPSA) is 57.4 Å². The maximum absolute atomic E-state index is 4.41. The van der Waals surface area contributed by atoms with Crippen molar-refractivity contribution >= 4 is 22.1 Å². The Kier molecular flexibility index (Phi) is 1.27. The van der Waals surface area contributed by atoms with Gasteiger partial charge in [0.2, 0.25) is 0 Å². The highest BCUT2D eigenvalue weighted by Crippen LogP contribution is 2.23. The molecule has 0 bridgehead atoms. The summed E-state index contributed by atoms with van der Waals surface area (Å²) in [5.41, 5.74) is 5.02. The van der Waals surface area contributed by atoms with Crippen LogP contribution in [-0.4, -0.2) is 19.9 Å². The van der Waals surface area contributed by atoms with Gasteiger partial charge in [0, 0.05) is 16.8 Å². The Balaban J connectivity index is 2.65. The molecule has 14 heavy (non-hydrogen) atoms. The van der Waals surface area contributed by atoms with E-state index in [1.54, 1.807) is 6.33 Å². The molecule has 0 saturated heterocycles. The van der Waals surface area contributed by atoms with Crippen LogP contribution in [0.5, 0.6) is 0 Å². The number of nitrogens with one attached hydrogen (secondary N) is 2. The number of aromatic amines is 2. The van der Waals surface area contributed by atoms with Gasteiger partial charge in [-0.1, -0.05) is 0 Å². The molecule has 0 radical (unpaired) electrons. The van der Waals surface area contributed by atoms with Crippen LogP contribution in [0.4, 0.5) is 0 Å². The number of hydrogen-bond donors (Lipinski definition) is 2. The molecule has 2 N–H and O–H groups in total. The molecule has 4 heteroatoms. The van der Waals surface area contributed by atoms with Crippen LogP contribution in [0.2, 0.25) is 0 Å². The molecular weight excluding hydrogens is 176 g/mol. The molecule has 0 spiro atoms. The standard InChI is InChI=1S/C10H10N4/c1-5-3-7-6(2)14-10-9(8(7)13-5)11-4-12-10/h3-4,13H,1-2H3,(H,11,12,14). The second-order valence-electron chi connectivity index (χ2n) is 3.54. The largest absolute Gasteiger partial charge is 0.357 e. The van der Waals surface area contributed by atoms with E-state index in [1.807, 2.05) is 13.8 Å². The second-order valence-corrected chi connectivity index (χ2v) is 3.54. The van der Waals surface area contributed by atoms with E-state index in [2.05, 4.69) is 26.0 Å². The summed E-state index contributed by atoms with van der Waals surface area (Å²) >= 11 is 0. The van der Waals surface area contributed by atoms with Crippen LogP contribution in [0, 0.1) is 13.8 Å². The molecule has 0 atom stereocenters. The van der Waals surface area contributed by atoms with Crippen LogP contribution in [0.3, 0.4) is 0 Å². The summed E-state index contributed by atoms with van der Waals surface area (Å²) in [6, 6.07) is 2.11. The Bertz CT molecular complexity index is 617. The maximum atomic E-state index is 4.41.